The normalized spacial score (nSPS) is 14.2. The molecule has 1 saturated heterocycles. The molecular weight excluding hydrogens is 358 g/mol. The molecule has 0 bridgehead atoms. The Labute approximate surface area is 163 Å². The summed E-state index contributed by atoms with van der Waals surface area (Å²) in [6, 6.07) is 19.5. The molecule has 1 aliphatic rings. The molecule has 0 saturated carbocycles. The van der Waals surface area contributed by atoms with Crippen molar-refractivity contribution in [3.8, 4) is 16.9 Å². The lowest BCUT2D eigenvalue weighted by Crippen LogP contribution is -2.35. The number of thiophene rings is 1. The van der Waals surface area contributed by atoms with Crippen molar-refractivity contribution < 1.29 is 14.3 Å². The zero-order valence-corrected chi connectivity index (χ0v) is 16.0. The van der Waals surface area contributed by atoms with Gasteiger partial charge in [0.25, 0.3) is 0 Å². The zero-order valence-electron chi connectivity index (χ0n) is 15.2. The number of morpholine rings is 1. The number of benzene rings is 2. The Balaban J connectivity index is 1.72. The van der Waals surface area contributed by atoms with Gasteiger partial charge in [0.2, 0.25) is 5.78 Å². The van der Waals surface area contributed by atoms with Gasteiger partial charge in [-0.1, -0.05) is 30.3 Å². The van der Waals surface area contributed by atoms with Gasteiger partial charge in [-0.15, -0.1) is 11.3 Å². The number of hydrogen-bond donors (Lipinski definition) is 0. The molecule has 0 atom stereocenters. The lowest BCUT2D eigenvalue weighted by molar-refractivity contribution is 0.104. The molecule has 27 heavy (non-hydrogen) atoms. The lowest BCUT2D eigenvalue weighted by atomic mass is 10.1. The number of carbonyl (C=O) groups is 1. The van der Waals surface area contributed by atoms with Crippen LogP contribution in [0.15, 0.2) is 60.7 Å². The van der Waals surface area contributed by atoms with E-state index in [-0.39, 0.29) is 5.78 Å². The van der Waals surface area contributed by atoms with Crippen molar-refractivity contribution >= 4 is 22.1 Å². The van der Waals surface area contributed by atoms with E-state index in [0.29, 0.717) is 18.8 Å². The quantitative estimate of drug-likeness (QED) is 0.612. The fourth-order valence-corrected chi connectivity index (χ4v) is 4.40. The molecule has 5 heteroatoms. The molecule has 1 fully saturated rings. The number of anilines is 1. The first-order valence-corrected chi connectivity index (χ1v) is 9.78. The molecule has 2 aromatic carbocycles. The fourth-order valence-electron chi connectivity index (χ4n) is 3.20. The highest BCUT2D eigenvalue weighted by molar-refractivity contribution is 7.18. The van der Waals surface area contributed by atoms with Crippen LogP contribution in [-0.4, -0.2) is 39.2 Å². The van der Waals surface area contributed by atoms with Crippen molar-refractivity contribution in [2.24, 2.45) is 0 Å². The van der Waals surface area contributed by atoms with Gasteiger partial charge in [0.05, 0.1) is 30.2 Å². The minimum atomic E-state index is 0.0411. The predicted molar refractivity (Wildman–Crippen MR) is 109 cm³/mol. The molecule has 1 aromatic heterocycles. The van der Waals surface area contributed by atoms with Gasteiger partial charge in [-0.3, -0.25) is 4.79 Å². The maximum atomic E-state index is 13.1. The van der Waals surface area contributed by atoms with E-state index in [1.807, 2.05) is 48.5 Å². The number of nitrogens with zero attached hydrogens (tertiary/aromatic N) is 1. The van der Waals surface area contributed by atoms with Crippen LogP contribution in [0.3, 0.4) is 0 Å². The summed E-state index contributed by atoms with van der Waals surface area (Å²) < 4.78 is 10.7. The zero-order chi connectivity index (χ0) is 18.6. The van der Waals surface area contributed by atoms with Crippen molar-refractivity contribution in [1.29, 1.82) is 0 Å². The molecule has 3 aromatic rings. The van der Waals surface area contributed by atoms with E-state index in [1.165, 1.54) is 0 Å². The molecule has 1 aliphatic heterocycles. The Morgan fingerprint density at radius 2 is 1.74 bits per heavy atom. The number of ketones is 1. The molecule has 0 aliphatic carbocycles. The largest absolute Gasteiger partial charge is 0.497 e. The average Bonchev–Trinajstić information content (AvgIpc) is 3.20. The predicted octanol–water partition coefficient (Wildman–Crippen LogP) is 4.49. The van der Waals surface area contributed by atoms with Crippen LogP contribution < -0.4 is 9.64 Å². The third kappa shape index (κ3) is 3.75. The van der Waals surface area contributed by atoms with Gasteiger partial charge >= 0.3 is 0 Å². The molecule has 138 valence electrons. The smallest absolute Gasteiger partial charge is 0.203 e. The van der Waals surface area contributed by atoms with Gasteiger partial charge in [0.1, 0.15) is 5.75 Å². The molecular formula is C22H21NO3S. The molecule has 0 spiro atoms. The molecule has 0 unspecified atom stereocenters. The van der Waals surface area contributed by atoms with E-state index in [2.05, 4.69) is 17.0 Å². The van der Waals surface area contributed by atoms with Crippen LogP contribution in [0, 0.1) is 0 Å². The monoisotopic (exact) mass is 379 g/mol. The first-order chi connectivity index (χ1) is 13.3. The van der Waals surface area contributed by atoms with Crippen LogP contribution in [0.2, 0.25) is 0 Å². The highest BCUT2D eigenvalue weighted by atomic mass is 32.1. The van der Waals surface area contributed by atoms with Crippen molar-refractivity contribution in [2.75, 3.05) is 38.3 Å². The molecule has 0 radical (unpaired) electrons. The number of carbonyl (C=O) groups excluding carboxylic acids is 1. The second kappa shape index (κ2) is 7.94. The van der Waals surface area contributed by atoms with Crippen molar-refractivity contribution in [2.45, 2.75) is 0 Å². The molecule has 4 nitrogen and oxygen atoms in total. The topological polar surface area (TPSA) is 38.8 Å². The van der Waals surface area contributed by atoms with Gasteiger partial charge in [-0.05, 0) is 35.9 Å². The second-order valence-corrected chi connectivity index (χ2v) is 7.38. The summed E-state index contributed by atoms with van der Waals surface area (Å²) in [6.07, 6.45) is 0. The Kier molecular flexibility index (Phi) is 5.23. The van der Waals surface area contributed by atoms with Crippen LogP contribution >= 0.6 is 11.3 Å². The Hall–Kier alpha value is -2.63. The number of rotatable bonds is 5. The average molecular weight is 379 g/mol. The standard InChI is InChI=1S/C22H21NO3S/c1-25-18-9-7-17(8-10-18)21(24)20-15-19(16-5-3-2-4-6-16)22(27-20)23-11-13-26-14-12-23/h2-10,15H,11-14H2,1H3. The van der Waals surface area contributed by atoms with Crippen LogP contribution in [0.1, 0.15) is 15.2 Å². The van der Waals surface area contributed by atoms with Crippen molar-refractivity contribution in [3.05, 3.63) is 71.1 Å². The summed E-state index contributed by atoms with van der Waals surface area (Å²) in [5.74, 6) is 0.788. The minimum Gasteiger partial charge on any atom is -0.497 e. The van der Waals surface area contributed by atoms with Gasteiger partial charge in [0, 0.05) is 24.2 Å². The van der Waals surface area contributed by atoms with E-state index in [4.69, 9.17) is 9.47 Å². The summed E-state index contributed by atoms with van der Waals surface area (Å²) in [5.41, 5.74) is 2.91. The van der Waals surface area contributed by atoms with Crippen molar-refractivity contribution in [3.63, 3.8) is 0 Å². The molecule has 4 rings (SSSR count). The molecule has 0 N–H and O–H groups in total. The SMILES string of the molecule is COc1ccc(C(=O)c2cc(-c3ccccc3)c(N3CCOCC3)s2)cc1. The van der Waals surface area contributed by atoms with E-state index in [0.717, 1.165) is 39.8 Å². The Morgan fingerprint density at radius 3 is 2.41 bits per heavy atom. The van der Waals surface area contributed by atoms with Crippen LogP contribution in [-0.2, 0) is 4.74 Å². The highest BCUT2D eigenvalue weighted by Crippen LogP contribution is 2.40. The summed E-state index contributed by atoms with van der Waals surface area (Å²) in [7, 11) is 1.62. The van der Waals surface area contributed by atoms with Crippen LogP contribution in [0.25, 0.3) is 11.1 Å². The lowest BCUT2D eigenvalue weighted by Gasteiger charge is -2.28. The van der Waals surface area contributed by atoms with E-state index in [9.17, 15) is 4.79 Å². The van der Waals surface area contributed by atoms with Crippen LogP contribution in [0.4, 0.5) is 5.00 Å². The summed E-state index contributed by atoms with van der Waals surface area (Å²) in [5, 5.41) is 1.14. The number of hydrogen-bond acceptors (Lipinski definition) is 5. The highest BCUT2D eigenvalue weighted by Gasteiger charge is 2.22. The Bertz CT molecular complexity index is 912. The van der Waals surface area contributed by atoms with E-state index < -0.39 is 0 Å². The molecule has 0 amide bonds. The number of ether oxygens (including phenoxy) is 2. The summed E-state index contributed by atoms with van der Waals surface area (Å²) >= 11 is 1.56. The van der Waals surface area contributed by atoms with E-state index >= 15 is 0 Å². The maximum Gasteiger partial charge on any atom is 0.203 e. The minimum absolute atomic E-state index is 0.0411. The third-order valence-electron chi connectivity index (χ3n) is 4.67. The summed E-state index contributed by atoms with van der Waals surface area (Å²) in [6.45, 7) is 3.12. The van der Waals surface area contributed by atoms with Crippen LogP contribution in [0.5, 0.6) is 5.75 Å². The fraction of sp³-hybridized carbons (Fsp3) is 0.227. The van der Waals surface area contributed by atoms with Gasteiger partial charge < -0.3 is 14.4 Å². The van der Waals surface area contributed by atoms with Gasteiger partial charge in [-0.2, -0.15) is 0 Å². The van der Waals surface area contributed by atoms with E-state index in [1.54, 1.807) is 18.4 Å². The Morgan fingerprint density at radius 1 is 1.04 bits per heavy atom. The molecule has 2 heterocycles. The third-order valence-corrected chi connectivity index (χ3v) is 5.87. The maximum absolute atomic E-state index is 13.1. The first kappa shape index (κ1) is 17.8. The van der Waals surface area contributed by atoms with Gasteiger partial charge in [0.15, 0.2) is 0 Å². The first-order valence-electron chi connectivity index (χ1n) is 8.97. The summed E-state index contributed by atoms with van der Waals surface area (Å²) in [4.78, 5) is 16.1. The van der Waals surface area contributed by atoms with Crippen molar-refractivity contribution in [1.82, 2.24) is 0 Å². The number of methoxy groups -OCH3 is 1. The second-order valence-electron chi connectivity index (χ2n) is 6.35. The van der Waals surface area contributed by atoms with Gasteiger partial charge in [-0.25, -0.2) is 0 Å².